The molecule has 0 spiro atoms. The molecule has 2 aromatic heterocycles. The van der Waals surface area contributed by atoms with E-state index in [1.165, 1.54) is 6.33 Å². The number of aryl methyl sites for hydroxylation is 1. The number of anilines is 1. The Hall–Kier alpha value is -1.62. The topological polar surface area (TPSA) is 69.6 Å². The van der Waals surface area contributed by atoms with Gasteiger partial charge in [-0.1, -0.05) is 24.9 Å². The fourth-order valence-electron chi connectivity index (χ4n) is 1.92. The molecule has 0 radical (unpaired) electrons. The van der Waals surface area contributed by atoms with E-state index in [1.807, 2.05) is 13.8 Å². The van der Waals surface area contributed by atoms with Crippen LogP contribution in [0.15, 0.2) is 6.33 Å². The van der Waals surface area contributed by atoms with E-state index >= 15 is 0 Å². The molecule has 5 nitrogen and oxygen atoms in total. The highest BCUT2D eigenvalue weighted by Gasteiger charge is 2.16. The van der Waals surface area contributed by atoms with Gasteiger partial charge in [-0.25, -0.2) is 14.6 Å². The van der Waals surface area contributed by atoms with Crippen molar-refractivity contribution in [3.63, 3.8) is 0 Å². The quantitative estimate of drug-likeness (QED) is 0.926. The Morgan fingerprint density at radius 2 is 2.06 bits per heavy atom. The zero-order valence-electron chi connectivity index (χ0n) is 10.7. The lowest BCUT2D eigenvalue weighted by molar-refractivity contribution is 0.774. The highest BCUT2D eigenvalue weighted by molar-refractivity contribution is 6.31. The molecule has 0 fully saturated rings. The van der Waals surface area contributed by atoms with Crippen LogP contribution in [0.3, 0.4) is 0 Å². The number of hydrogen-bond acceptors (Lipinski definition) is 4. The average molecular weight is 266 g/mol. The Balaban J connectivity index is 2.63. The SMILES string of the molecule is CCCc1c(N)ncnc1-n1nc(C)c(Cl)c1C. The van der Waals surface area contributed by atoms with Gasteiger partial charge in [-0.3, -0.25) is 0 Å². The molecule has 0 unspecified atom stereocenters. The van der Waals surface area contributed by atoms with Gasteiger partial charge in [0.2, 0.25) is 0 Å². The largest absolute Gasteiger partial charge is 0.383 e. The number of nitrogens with two attached hydrogens (primary N) is 1. The third-order valence-corrected chi connectivity index (χ3v) is 3.41. The van der Waals surface area contributed by atoms with Crippen molar-refractivity contribution in [2.45, 2.75) is 33.6 Å². The summed E-state index contributed by atoms with van der Waals surface area (Å²) in [6, 6.07) is 0. The summed E-state index contributed by atoms with van der Waals surface area (Å²) in [5.41, 5.74) is 8.48. The predicted octanol–water partition coefficient (Wildman–Crippen LogP) is 2.47. The lowest BCUT2D eigenvalue weighted by Crippen LogP contribution is -2.10. The molecule has 0 aliphatic heterocycles. The van der Waals surface area contributed by atoms with Crippen LogP contribution in [0.4, 0.5) is 5.82 Å². The Bertz CT molecular complexity index is 576. The van der Waals surface area contributed by atoms with E-state index in [1.54, 1.807) is 4.68 Å². The zero-order chi connectivity index (χ0) is 13.3. The number of aromatic nitrogens is 4. The van der Waals surface area contributed by atoms with E-state index in [0.717, 1.165) is 35.6 Å². The van der Waals surface area contributed by atoms with Crippen LogP contribution in [0.5, 0.6) is 0 Å². The Morgan fingerprint density at radius 1 is 1.33 bits per heavy atom. The lowest BCUT2D eigenvalue weighted by Gasteiger charge is -2.10. The molecule has 0 saturated carbocycles. The molecule has 96 valence electrons. The van der Waals surface area contributed by atoms with Crippen molar-refractivity contribution in [3.8, 4) is 5.82 Å². The van der Waals surface area contributed by atoms with Crippen molar-refractivity contribution >= 4 is 17.4 Å². The van der Waals surface area contributed by atoms with Gasteiger partial charge in [0.1, 0.15) is 12.1 Å². The third kappa shape index (κ3) is 2.06. The van der Waals surface area contributed by atoms with Crippen molar-refractivity contribution in [2.75, 3.05) is 5.73 Å². The second-order valence-corrected chi connectivity index (χ2v) is 4.59. The Morgan fingerprint density at radius 3 is 2.61 bits per heavy atom. The van der Waals surface area contributed by atoms with Gasteiger partial charge >= 0.3 is 0 Å². The van der Waals surface area contributed by atoms with Crippen molar-refractivity contribution in [3.05, 3.63) is 28.3 Å². The van der Waals surface area contributed by atoms with E-state index in [4.69, 9.17) is 17.3 Å². The molecule has 0 aromatic carbocycles. The molecular weight excluding hydrogens is 250 g/mol. The normalized spacial score (nSPS) is 10.9. The minimum Gasteiger partial charge on any atom is -0.383 e. The summed E-state index contributed by atoms with van der Waals surface area (Å²) in [6.07, 6.45) is 3.24. The molecule has 2 N–H and O–H groups in total. The maximum absolute atomic E-state index is 6.16. The van der Waals surface area contributed by atoms with Crippen molar-refractivity contribution < 1.29 is 0 Å². The fraction of sp³-hybridized carbons (Fsp3) is 0.417. The van der Waals surface area contributed by atoms with Crippen LogP contribution < -0.4 is 5.73 Å². The van der Waals surface area contributed by atoms with Gasteiger partial charge in [0, 0.05) is 5.56 Å². The van der Waals surface area contributed by atoms with Gasteiger partial charge in [0.05, 0.1) is 16.4 Å². The molecule has 0 amide bonds. The van der Waals surface area contributed by atoms with E-state index in [-0.39, 0.29) is 0 Å². The molecule has 18 heavy (non-hydrogen) atoms. The lowest BCUT2D eigenvalue weighted by atomic mass is 10.1. The maximum atomic E-state index is 6.16. The van der Waals surface area contributed by atoms with Gasteiger partial charge < -0.3 is 5.73 Å². The van der Waals surface area contributed by atoms with Crippen LogP contribution in [0.25, 0.3) is 5.82 Å². The minimum atomic E-state index is 0.505. The number of hydrogen-bond donors (Lipinski definition) is 1. The molecule has 0 saturated heterocycles. The summed E-state index contributed by atoms with van der Waals surface area (Å²) in [6.45, 7) is 5.87. The fourth-order valence-corrected chi connectivity index (χ4v) is 2.04. The predicted molar refractivity (Wildman–Crippen MR) is 72.0 cm³/mol. The number of nitrogen functional groups attached to an aromatic ring is 1. The van der Waals surface area contributed by atoms with Crippen LogP contribution in [-0.4, -0.2) is 19.7 Å². The smallest absolute Gasteiger partial charge is 0.162 e. The molecule has 0 bridgehead atoms. The zero-order valence-corrected chi connectivity index (χ0v) is 11.5. The third-order valence-electron chi connectivity index (χ3n) is 2.86. The van der Waals surface area contributed by atoms with Gasteiger partial charge in [-0.15, -0.1) is 0 Å². The summed E-state index contributed by atoms with van der Waals surface area (Å²) in [7, 11) is 0. The highest BCUT2D eigenvalue weighted by Crippen LogP contribution is 2.25. The molecule has 0 aliphatic rings. The summed E-state index contributed by atoms with van der Waals surface area (Å²) in [5.74, 6) is 1.22. The van der Waals surface area contributed by atoms with Crippen LogP contribution in [0.2, 0.25) is 5.02 Å². The highest BCUT2D eigenvalue weighted by atomic mass is 35.5. The first-order valence-corrected chi connectivity index (χ1v) is 6.25. The van der Waals surface area contributed by atoms with Gasteiger partial charge in [-0.2, -0.15) is 5.10 Å². The van der Waals surface area contributed by atoms with Crippen LogP contribution in [-0.2, 0) is 6.42 Å². The average Bonchev–Trinajstić information content (AvgIpc) is 2.60. The van der Waals surface area contributed by atoms with E-state index in [2.05, 4.69) is 22.0 Å². The first kappa shape index (κ1) is 12.8. The van der Waals surface area contributed by atoms with E-state index < -0.39 is 0 Å². The van der Waals surface area contributed by atoms with Crippen molar-refractivity contribution in [2.24, 2.45) is 0 Å². The minimum absolute atomic E-state index is 0.505. The molecule has 6 heteroatoms. The van der Waals surface area contributed by atoms with E-state index in [9.17, 15) is 0 Å². The molecule has 0 atom stereocenters. The van der Waals surface area contributed by atoms with Crippen molar-refractivity contribution in [1.82, 2.24) is 19.7 Å². The van der Waals surface area contributed by atoms with Crippen molar-refractivity contribution in [1.29, 1.82) is 0 Å². The number of halogens is 1. The van der Waals surface area contributed by atoms with Gasteiger partial charge in [-0.05, 0) is 20.3 Å². The second kappa shape index (κ2) is 4.94. The Kier molecular flexibility index (Phi) is 3.52. The monoisotopic (exact) mass is 265 g/mol. The summed E-state index contributed by atoms with van der Waals surface area (Å²) in [5, 5.41) is 5.06. The standard InChI is InChI=1S/C12H16ClN5/c1-4-5-9-11(14)15-6-16-12(9)18-8(3)10(13)7(2)17-18/h6H,4-5H2,1-3H3,(H2,14,15,16). The summed E-state index contributed by atoms with van der Waals surface area (Å²) >= 11 is 6.16. The Labute approximate surface area is 111 Å². The number of nitrogens with zero attached hydrogens (tertiary/aromatic N) is 4. The maximum Gasteiger partial charge on any atom is 0.162 e. The van der Waals surface area contributed by atoms with Gasteiger partial charge in [0.25, 0.3) is 0 Å². The first-order valence-electron chi connectivity index (χ1n) is 5.87. The molecule has 2 rings (SSSR count). The van der Waals surface area contributed by atoms with Gasteiger partial charge in [0.15, 0.2) is 5.82 Å². The summed E-state index contributed by atoms with van der Waals surface area (Å²) < 4.78 is 1.74. The van der Waals surface area contributed by atoms with Crippen LogP contribution in [0, 0.1) is 13.8 Å². The second-order valence-electron chi connectivity index (χ2n) is 4.21. The van der Waals surface area contributed by atoms with Crippen LogP contribution >= 0.6 is 11.6 Å². The summed E-state index contributed by atoms with van der Waals surface area (Å²) in [4.78, 5) is 8.33. The van der Waals surface area contributed by atoms with E-state index in [0.29, 0.717) is 10.8 Å². The first-order chi connectivity index (χ1) is 8.56. The molecule has 2 heterocycles. The molecule has 0 aliphatic carbocycles. The van der Waals surface area contributed by atoms with Crippen LogP contribution in [0.1, 0.15) is 30.3 Å². The molecular formula is C12H16ClN5. The molecule has 2 aromatic rings. The number of rotatable bonds is 3.